The predicted octanol–water partition coefficient (Wildman–Crippen LogP) is 1.04. The van der Waals surface area contributed by atoms with E-state index in [2.05, 4.69) is 0 Å². The number of ether oxygens (including phenoxy) is 1. The summed E-state index contributed by atoms with van der Waals surface area (Å²) in [6.45, 7) is 3.32. The molecule has 1 aromatic rings. The molecule has 0 aliphatic rings. The molecule has 0 fully saturated rings. The van der Waals surface area contributed by atoms with Crippen LogP contribution in [0.15, 0.2) is 24.3 Å². The van der Waals surface area contributed by atoms with Gasteiger partial charge >= 0.3 is 0 Å². The molecule has 5 heteroatoms. The summed E-state index contributed by atoms with van der Waals surface area (Å²) in [6, 6.07) is 6.63. The molecular weight excluding hydrogens is 220 g/mol. The Hall–Kier alpha value is -1.88. The van der Waals surface area contributed by atoms with Crippen molar-refractivity contribution < 1.29 is 14.3 Å². The van der Waals surface area contributed by atoms with Gasteiger partial charge in [0, 0.05) is 5.56 Å². The summed E-state index contributed by atoms with van der Waals surface area (Å²) in [5, 5.41) is 0. The molecule has 0 saturated heterocycles. The Kier molecular flexibility index (Phi) is 4.66. The van der Waals surface area contributed by atoms with E-state index in [1.165, 1.54) is 6.92 Å². The van der Waals surface area contributed by atoms with Crippen LogP contribution in [0.1, 0.15) is 30.6 Å². The van der Waals surface area contributed by atoms with E-state index in [9.17, 15) is 9.59 Å². The molecule has 0 aliphatic carbocycles. The van der Waals surface area contributed by atoms with Crippen molar-refractivity contribution in [3.8, 4) is 5.75 Å². The van der Waals surface area contributed by atoms with E-state index in [0.717, 1.165) is 0 Å². The maximum Gasteiger partial charge on any atom is 0.274 e. The van der Waals surface area contributed by atoms with Gasteiger partial charge in [0.05, 0.1) is 0 Å². The third kappa shape index (κ3) is 3.57. The minimum absolute atomic E-state index is 0.0108. The number of benzene rings is 1. The third-order valence-corrected chi connectivity index (χ3v) is 2.34. The molecule has 1 amide bonds. The Morgan fingerprint density at radius 3 is 2.35 bits per heavy atom. The highest BCUT2D eigenvalue weighted by molar-refractivity contribution is 5.94. The molecule has 17 heavy (non-hydrogen) atoms. The van der Waals surface area contributed by atoms with Crippen LogP contribution in [0, 0.1) is 0 Å². The fourth-order valence-electron chi connectivity index (χ4n) is 1.35. The standard InChI is InChI=1S/C12H16N2O3/c1-3-11(12(16)14-13)17-10-6-4-9(5-7-10)8(2)15/h4-7,11H,3,13H2,1-2H3,(H,14,16). The van der Waals surface area contributed by atoms with Crippen LogP contribution in [0.4, 0.5) is 0 Å². The molecule has 3 N–H and O–H groups in total. The van der Waals surface area contributed by atoms with E-state index in [1.807, 2.05) is 12.3 Å². The molecule has 1 atom stereocenters. The first-order valence-corrected chi connectivity index (χ1v) is 5.36. The van der Waals surface area contributed by atoms with Gasteiger partial charge in [-0.2, -0.15) is 0 Å². The van der Waals surface area contributed by atoms with E-state index in [4.69, 9.17) is 10.6 Å². The lowest BCUT2D eigenvalue weighted by Crippen LogP contribution is -2.41. The minimum atomic E-state index is -0.622. The van der Waals surface area contributed by atoms with Crippen molar-refractivity contribution in [3.63, 3.8) is 0 Å². The number of carbonyl (C=O) groups is 2. The molecule has 0 bridgehead atoms. The van der Waals surface area contributed by atoms with Gasteiger partial charge in [-0.1, -0.05) is 6.92 Å². The fraction of sp³-hybridized carbons (Fsp3) is 0.333. The van der Waals surface area contributed by atoms with E-state index in [1.54, 1.807) is 24.3 Å². The summed E-state index contributed by atoms with van der Waals surface area (Å²) < 4.78 is 5.45. The number of nitrogens with one attached hydrogen (secondary N) is 1. The summed E-state index contributed by atoms with van der Waals surface area (Å²) in [5.41, 5.74) is 2.65. The van der Waals surface area contributed by atoms with E-state index in [0.29, 0.717) is 17.7 Å². The average molecular weight is 236 g/mol. The first-order chi connectivity index (χ1) is 8.08. The first-order valence-electron chi connectivity index (χ1n) is 5.36. The number of hydrogen-bond donors (Lipinski definition) is 2. The fourth-order valence-corrected chi connectivity index (χ4v) is 1.35. The number of carbonyl (C=O) groups excluding carboxylic acids is 2. The summed E-state index contributed by atoms with van der Waals surface area (Å²) in [7, 11) is 0. The van der Waals surface area contributed by atoms with Gasteiger partial charge in [0.25, 0.3) is 5.91 Å². The van der Waals surface area contributed by atoms with E-state index in [-0.39, 0.29) is 11.7 Å². The number of nitrogens with two attached hydrogens (primary N) is 1. The van der Waals surface area contributed by atoms with Crippen molar-refractivity contribution in [1.29, 1.82) is 0 Å². The average Bonchev–Trinajstić information content (AvgIpc) is 2.35. The molecule has 0 saturated carbocycles. The predicted molar refractivity (Wildman–Crippen MR) is 63.5 cm³/mol. The van der Waals surface area contributed by atoms with Crippen LogP contribution in [-0.4, -0.2) is 17.8 Å². The molecule has 1 rings (SSSR count). The van der Waals surface area contributed by atoms with Crippen LogP contribution in [-0.2, 0) is 4.79 Å². The summed E-state index contributed by atoms with van der Waals surface area (Å²) in [4.78, 5) is 22.4. The van der Waals surface area contributed by atoms with Gasteiger partial charge in [-0.25, -0.2) is 5.84 Å². The van der Waals surface area contributed by atoms with E-state index >= 15 is 0 Å². The van der Waals surface area contributed by atoms with Crippen molar-refractivity contribution in [2.45, 2.75) is 26.4 Å². The Morgan fingerprint density at radius 1 is 1.35 bits per heavy atom. The molecule has 0 heterocycles. The van der Waals surface area contributed by atoms with Gasteiger partial charge < -0.3 is 4.74 Å². The highest BCUT2D eigenvalue weighted by atomic mass is 16.5. The van der Waals surface area contributed by atoms with Crippen molar-refractivity contribution in [2.24, 2.45) is 5.84 Å². The largest absolute Gasteiger partial charge is 0.481 e. The van der Waals surface area contributed by atoms with Gasteiger partial charge in [-0.15, -0.1) is 0 Å². The summed E-state index contributed by atoms with van der Waals surface area (Å²) in [5.74, 6) is 5.19. The smallest absolute Gasteiger partial charge is 0.274 e. The minimum Gasteiger partial charge on any atom is -0.481 e. The van der Waals surface area contributed by atoms with Crippen molar-refractivity contribution in [3.05, 3.63) is 29.8 Å². The molecule has 5 nitrogen and oxygen atoms in total. The van der Waals surface area contributed by atoms with Crippen LogP contribution in [0.5, 0.6) is 5.75 Å². The van der Waals surface area contributed by atoms with Crippen LogP contribution in [0.25, 0.3) is 0 Å². The zero-order chi connectivity index (χ0) is 12.8. The number of rotatable bonds is 5. The molecule has 0 aromatic heterocycles. The Bertz CT molecular complexity index is 401. The lowest BCUT2D eigenvalue weighted by atomic mass is 10.1. The topological polar surface area (TPSA) is 81.4 Å². The van der Waals surface area contributed by atoms with Gasteiger partial charge in [0.2, 0.25) is 0 Å². The van der Waals surface area contributed by atoms with Crippen LogP contribution < -0.4 is 16.0 Å². The second-order valence-electron chi connectivity index (χ2n) is 3.60. The van der Waals surface area contributed by atoms with Gasteiger partial charge in [-0.05, 0) is 37.6 Å². The van der Waals surface area contributed by atoms with Gasteiger partial charge in [-0.3, -0.25) is 15.0 Å². The molecule has 0 aliphatic heterocycles. The monoisotopic (exact) mass is 236 g/mol. The number of hydrogen-bond acceptors (Lipinski definition) is 4. The Morgan fingerprint density at radius 2 is 1.94 bits per heavy atom. The SMILES string of the molecule is CCC(Oc1ccc(C(C)=O)cc1)C(=O)NN. The summed E-state index contributed by atoms with van der Waals surface area (Å²) >= 11 is 0. The maximum atomic E-state index is 11.3. The Labute approximate surface area is 99.9 Å². The lowest BCUT2D eigenvalue weighted by molar-refractivity contribution is -0.128. The number of amides is 1. The van der Waals surface area contributed by atoms with Crippen LogP contribution in [0.2, 0.25) is 0 Å². The zero-order valence-electron chi connectivity index (χ0n) is 9.90. The molecule has 0 radical (unpaired) electrons. The van der Waals surface area contributed by atoms with Gasteiger partial charge in [0.1, 0.15) is 5.75 Å². The second-order valence-corrected chi connectivity index (χ2v) is 3.60. The quantitative estimate of drug-likeness (QED) is 0.346. The Balaban J connectivity index is 2.74. The van der Waals surface area contributed by atoms with Crippen molar-refractivity contribution >= 4 is 11.7 Å². The van der Waals surface area contributed by atoms with Crippen molar-refractivity contribution in [2.75, 3.05) is 0 Å². The maximum absolute atomic E-state index is 11.3. The zero-order valence-corrected chi connectivity index (χ0v) is 9.90. The van der Waals surface area contributed by atoms with Crippen molar-refractivity contribution in [1.82, 2.24) is 5.43 Å². The molecule has 1 unspecified atom stereocenters. The number of hydrazine groups is 1. The number of ketones is 1. The molecular formula is C12H16N2O3. The lowest BCUT2D eigenvalue weighted by Gasteiger charge is -2.15. The highest BCUT2D eigenvalue weighted by Crippen LogP contribution is 2.15. The molecule has 1 aromatic carbocycles. The first kappa shape index (κ1) is 13.2. The third-order valence-electron chi connectivity index (χ3n) is 2.34. The van der Waals surface area contributed by atoms with Crippen LogP contribution in [0.3, 0.4) is 0 Å². The normalized spacial score (nSPS) is 11.7. The van der Waals surface area contributed by atoms with Crippen LogP contribution >= 0.6 is 0 Å². The molecule has 92 valence electrons. The number of Topliss-reactive ketones (excluding diaryl/α,β-unsaturated/α-hetero) is 1. The van der Waals surface area contributed by atoms with E-state index < -0.39 is 6.10 Å². The van der Waals surface area contributed by atoms with Gasteiger partial charge in [0.15, 0.2) is 11.9 Å². The summed E-state index contributed by atoms with van der Waals surface area (Å²) in [6.07, 6.45) is -0.111. The second kappa shape index (κ2) is 6.00. The molecule has 0 spiro atoms. The highest BCUT2D eigenvalue weighted by Gasteiger charge is 2.16.